The number of hydrogen-bond acceptors (Lipinski definition) is 5. The van der Waals surface area contributed by atoms with Gasteiger partial charge in [-0.25, -0.2) is 4.39 Å². The van der Waals surface area contributed by atoms with Crippen LogP contribution in [0.1, 0.15) is 60.0 Å². The number of nitrogens with one attached hydrogen (secondary N) is 1. The zero-order chi connectivity index (χ0) is 29.7. The molecule has 4 rings (SSSR count). The molecule has 0 unspecified atom stereocenters. The number of carbonyl (C=O) groups is 2. The highest BCUT2D eigenvalue weighted by molar-refractivity contribution is 5.99. The largest absolute Gasteiger partial charge is 0.508 e. The fourth-order valence-electron chi connectivity index (χ4n) is 6.44. The van der Waals surface area contributed by atoms with Crippen molar-refractivity contribution in [3.05, 3.63) is 65.0 Å². The number of halogens is 4. The van der Waals surface area contributed by atoms with E-state index in [1.54, 1.807) is 25.1 Å². The van der Waals surface area contributed by atoms with E-state index in [-0.39, 0.29) is 55.1 Å². The molecule has 2 saturated heterocycles. The van der Waals surface area contributed by atoms with Gasteiger partial charge >= 0.3 is 6.18 Å². The molecule has 0 aromatic heterocycles. The fourth-order valence-corrected chi connectivity index (χ4v) is 6.44. The highest BCUT2D eigenvalue weighted by Gasteiger charge is 2.52. The van der Waals surface area contributed by atoms with Crippen molar-refractivity contribution in [1.82, 2.24) is 15.1 Å². The molecule has 2 aromatic carbocycles. The first-order chi connectivity index (χ1) is 19.5. The number of phenols is 1. The van der Waals surface area contributed by atoms with Crippen LogP contribution in [0.5, 0.6) is 5.75 Å². The van der Waals surface area contributed by atoms with Crippen LogP contribution in [0.2, 0.25) is 0 Å². The zero-order valence-corrected chi connectivity index (χ0v) is 23.6. The highest BCUT2D eigenvalue weighted by Crippen LogP contribution is 2.44. The predicted octanol–water partition coefficient (Wildman–Crippen LogP) is 5.30. The van der Waals surface area contributed by atoms with Crippen LogP contribution >= 0.6 is 0 Å². The van der Waals surface area contributed by atoms with Gasteiger partial charge in [0, 0.05) is 37.0 Å². The first-order valence-corrected chi connectivity index (χ1v) is 14.4. The lowest BCUT2D eigenvalue weighted by atomic mass is 9.69. The van der Waals surface area contributed by atoms with Gasteiger partial charge in [-0.3, -0.25) is 9.59 Å². The number of carbonyl (C=O) groups excluding carboxylic acids is 2. The Kier molecular flexibility index (Phi) is 10.1. The maximum absolute atomic E-state index is 14.9. The van der Waals surface area contributed by atoms with E-state index in [1.165, 1.54) is 24.3 Å². The number of nitrogens with zero attached hydrogens (tertiary/aromatic N) is 2. The van der Waals surface area contributed by atoms with Crippen LogP contribution in [0.15, 0.2) is 42.5 Å². The molecule has 0 radical (unpaired) electrons. The molecular formula is C31H39F4N3O3. The lowest BCUT2D eigenvalue weighted by molar-refractivity contribution is -0.185. The van der Waals surface area contributed by atoms with E-state index in [1.807, 2.05) is 11.8 Å². The molecule has 0 saturated carbocycles. The second-order valence-corrected chi connectivity index (χ2v) is 11.2. The van der Waals surface area contributed by atoms with E-state index in [0.29, 0.717) is 12.1 Å². The molecule has 2 aliphatic rings. The van der Waals surface area contributed by atoms with Crippen molar-refractivity contribution in [2.45, 2.75) is 57.7 Å². The Morgan fingerprint density at radius 2 is 1.80 bits per heavy atom. The summed E-state index contributed by atoms with van der Waals surface area (Å²) >= 11 is 0. The number of piperidine rings is 1. The number of hydrogen-bond donors (Lipinski definition) is 2. The number of Topliss-reactive ketones (excluding diaryl/α,β-unsaturated/α-hetero) is 1. The smallest absolute Gasteiger partial charge is 0.408 e. The molecule has 2 N–H and O–H groups in total. The average Bonchev–Trinajstić information content (AvgIpc) is 3.44. The Balaban J connectivity index is 1.76. The molecule has 0 bridgehead atoms. The number of amides is 1. The van der Waals surface area contributed by atoms with E-state index < -0.39 is 41.7 Å². The average molecular weight is 578 g/mol. The van der Waals surface area contributed by atoms with Gasteiger partial charge in [-0.05, 0) is 81.6 Å². The Hall–Kier alpha value is -2.98. The van der Waals surface area contributed by atoms with Gasteiger partial charge in [0.15, 0.2) is 5.78 Å². The van der Waals surface area contributed by atoms with Gasteiger partial charge in [0.05, 0.1) is 5.92 Å². The second kappa shape index (κ2) is 13.3. The van der Waals surface area contributed by atoms with E-state index in [9.17, 15) is 32.3 Å². The summed E-state index contributed by atoms with van der Waals surface area (Å²) in [4.78, 5) is 31.1. The number of alkyl halides is 3. The normalized spacial score (nSPS) is 23.6. The molecule has 10 heteroatoms. The predicted molar refractivity (Wildman–Crippen MR) is 148 cm³/mol. The quantitative estimate of drug-likeness (QED) is 0.228. The monoisotopic (exact) mass is 577 g/mol. The fraction of sp³-hybridized carbons (Fsp3) is 0.548. The summed E-state index contributed by atoms with van der Waals surface area (Å²) in [5.74, 6) is -4.22. The molecule has 2 heterocycles. The van der Waals surface area contributed by atoms with Gasteiger partial charge in [-0.1, -0.05) is 31.2 Å². The summed E-state index contributed by atoms with van der Waals surface area (Å²) < 4.78 is 56.7. The molecule has 41 heavy (non-hydrogen) atoms. The summed E-state index contributed by atoms with van der Waals surface area (Å²) in [5, 5.41) is 13.3. The number of rotatable bonds is 10. The maximum atomic E-state index is 14.9. The Labute approximate surface area is 238 Å². The van der Waals surface area contributed by atoms with Crippen LogP contribution in [0.25, 0.3) is 0 Å². The Morgan fingerprint density at radius 3 is 2.51 bits per heavy atom. The van der Waals surface area contributed by atoms with Crippen molar-refractivity contribution in [3.8, 4) is 5.75 Å². The zero-order valence-electron chi connectivity index (χ0n) is 23.6. The summed E-state index contributed by atoms with van der Waals surface area (Å²) in [6.45, 7) is 6.23. The molecule has 1 amide bonds. The molecule has 6 nitrogen and oxygen atoms in total. The van der Waals surface area contributed by atoms with Gasteiger partial charge in [0.2, 0.25) is 5.91 Å². The highest BCUT2D eigenvalue weighted by atomic mass is 19.4. The number of aromatic hydroxyl groups is 1. The Morgan fingerprint density at radius 1 is 1.07 bits per heavy atom. The topological polar surface area (TPSA) is 72.9 Å². The number of ketones is 1. The van der Waals surface area contributed by atoms with Gasteiger partial charge in [0.1, 0.15) is 17.6 Å². The minimum absolute atomic E-state index is 0.0117. The molecule has 0 spiro atoms. The Bertz CT molecular complexity index is 1220. The van der Waals surface area contributed by atoms with Gasteiger partial charge < -0.3 is 20.2 Å². The molecular weight excluding hydrogens is 538 g/mol. The minimum Gasteiger partial charge on any atom is -0.508 e. The molecule has 2 fully saturated rings. The van der Waals surface area contributed by atoms with E-state index in [4.69, 9.17) is 0 Å². The standard InChI is InChI=1S/C31H39F4N3O3/c1-3-36-14-4-5-15-37-18-24(29(40)21-9-6-10-22(39)17-21)28(23-11-7-12-26(32)20(23)2)25(19-37)30(41)38-16-8-13-27(38)31(33,34)35/h6-7,9-12,17,24-25,27-28,36,39H,3-5,8,13-16,18-19H2,1-2H3/t24-,25+,27-,28+/m0/s1. The number of unbranched alkanes of at least 4 members (excludes halogenated alkanes) is 1. The molecule has 0 aliphatic carbocycles. The third kappa shape index (κ3) is 7.09. The number of benzene rings is 2. The summed E-state index contributed by atoms with van der Waals surface area (Å²) in [7, 11) is 0. The minimum atomic E-state index is -4.56. The van der Waals surface area contributed by atoms with Crippen molar-refractivity contribution in [1.29, 1.82) is 0 Å². The van der Waals surface area contributed by atoms with Crippen LogP contribution in [-0.2, 0) is 4.79 Å². The van der Waals surface area contributed by atoms with Crippen LogP contribution in [-0.4, -0.2) is 78.1 Å². The third-order valence-electron chi connectivity index (χ3n) is 8.47. The lowest BCUT2D eigenvalue weighted by Gasteiger charge is -2.45. The van der Waals surface area contributed by atoms with Crippen molar-refractivity contribution in [2.24, 2.45) is 11.8 Å². The summed E-state index contributed by atoms with van der Waals surface area (Å²) in [6.07, 6.45) is -2.84. The molecule has 2 aliphatic heterocycles. The van der Waals surface area contributed by atoms with Crippen molar-refractivity contribution in [3.63, 3.8) is 0 Å². The molecule has 224 valence electrons. The SMILES string of the molecule is CCNCCCCN1C[C@H](C(=O)c2cccc(O)c2)[C@@H](c2cccc(F)c2C)[C@H](C(=O)N2CCC[C@H]2C(F)(F)F)C1. The summed E-state index contributed by atoms with van der Waals surface area (Å²) in [6, 6.07) is 8.52. The van der Waals surface area contributed by atoms with Crippen molar-refractivity contribution in [2.75, 3.05) is 39.3 Å². The lowest BCUT2D eigenvalue weighted by Crippen LogP contribution is -2.55. The summed E-state index contributed by atoms with van der Waals surface area (Å²) in [5.41, 5.74) is 0.969. The first kappa shape index (κ1) is 31.0. The van der Waals surface area contributed by atoms with Crippen molar-refractivity contribution < 1.29 is 32.3 Å². The second-order valence-electron chi connectivity index (χ2n) is 11.2. The van der Waals surface area contributed by atoms with Gasteiger partial charge in [-0.2, -0.15) is 13.2 Å². The van der Waals surface area contributed by atoms with Crippen LogP contribution in [0.4, 0.5) is 17.6 Å². The van der Waals surface area contributed by atoms with E-state index in [0.717, 1.165) is 30.8 Å². The van der Waals surface area contributed by atoms with Crippen LogP contribution in [0.3, 0.4) is 0 Å². The molecule has 2 aromatic rings. The van der Waals surface area contributed by atoms with Gasteiger partial charge in [-0.15, -0.1) is 0 Å². The van der Waals surface area contributed by atoms with Crippen molar-refractivity contribution >= 4 is 11.7 Å². The van der Waals surface area contributed by atoms with Crippen LogP contribution in [0, 0.1) is 24.6 Å². The third-order valence-corrected chi connectivity index (χ3v) is 8.47. The number of likely N-dealkylation sites (tertiary alicyclic amines) is 2. The van der Waals surface area contributed by atoms with E-state index in [2.05, 4.69) is 5.32 Å². The van der Waals surface area contributed by atoms with E-state index >= 15 is 0 Å². The maximum Gasteiger partial charge on any atom is 0.408 e. The first-order valence-electron chi connectivity index (χ1n) is 14.4. The molecule has 4 atom stereocenters. The van der Waals surface area contributed by atoms with Crippen LogP contribution < -0.4 is 5.32 Å². The van der Waals surface area contributed by atoms with Gasteiger partial charge in [0.25, 0.3) is 0 Å². The number of phenolic OH excluding ortho intramolecular Hbond substituents is 1.